The molecule has 0 spiro atoms. The minimum atomic E-state index is -0.996. The van der Waals surface area contributed by atoms with Crippen molar-refractivity contribution in [2.24, 2.45) is 0 Å². The lowest BCUT2D eigenvalue weighted by molar-refractivity contribution is -0.144. The van der Waals surface area contributed by atoms with E-state index in [1.165, 1.54) is 4.90 Å². The van der Waals surface area contributed by atoms with E-state index in [-0.39, 0.29) is 18.9 Å². The Morgan fingerprint density at radius 2 is 2.00 bits per heavy atom. The van der Waals surface area contributed by atoms with Gasteiger partial charge in [0.05, 0.1) is 12.7 Å². The van der Waals surface area contributed by atoms with E-state index in [0.29, 0.717) is 13.1 Å². The molecule has 6 nitrogen and oxygen atoms in total. The van der Waals surface area contributed by atoms with Crippen LogP contribution in [0.15, 0.2) is 42.9 Å². The van der Waals surface area contributed by atoms with Crippen molar-refractivity contribution in [3.05, 3.63) is 54.1 Å². The lowest BCUT2D eigenvalue weighted by Crippen LogP contribution is -2.37. The molecule has 0 saturated carbocycles. The largest absolute Gasteiger partial charge is 0.480 e. The van der Waals surface area contributed by atoms with Crippen LogP contribution < -0.4 is 0 Å². The van der Waals surface area contributed by atoms with Crippen LogP contribution >= 0.6 is 0 Å². The zero-order chi connectivity index (χ0) is 16.7. The minimum Gasteiger partial charge on any atom is -0.480 e. The summed E-state index contributed by atoms with van der Waals surface area (Å²) in [6.07, 6.45) is 4.23. The molecule has 0 aliphatic rings. The highest BCUT2D eigenvalue weighted by molar-refractivity contribution is 5.82. The van der Waals surface area contributed by atoms with Gasteiger partial charge in [-0.2, -0.15) is 0 Å². The molecule has 1 aromatic heterocycles. The highest BCUT2D eigenvalue weighted by atomic mass is 16.4. The molecule has 0 saturated heterocycles. The number of nitrogens with zero attached hydrogens (tertiary/aromatic N) is 3. The van der Waals surface area contributed by atoms with Crippen molar-refractivity contribution in [1.29, 1.82) is 0 Å². The van der Waals surface area contributed by atoms with Gasteiger partial charge < -0.3 is 14.6 Å². The third-order valence-electron chi connectivity index (χ3n) is 3.50. The Morgan fingerprint density at radius 3 is 2.65 bits per heavy atom. The van der Waals surface area contributed by atoms with Gasteiger partial charge in [0.2, 0.25) is 5.91 Å². The summed E-state index contributed by atoms with van der Waals surface area (Å²) in [5.74, 6) is -1.19. The van der Waals surface area contributed by atoms with E-state index in [0.717, 1.165) is 17.7 Å². The summed E-state index contributed by atoms with van der Waals surface area (Å²) in [7, 11) is 0. The van der Waals surface area contributed by atoms with E-state index >= 15 is 0 Å². The van der Waals surface area contributed by atoms with Gasteiger partial charge in [-0.05, 0) is 12.0 Å². The van der Waals surface area contributed by atoms with Crippen LogP contribution in [0.25, 0.3) is 0 Å². The topological polar surface area (TPSA) is 75.4 Å². The second-order valence-corrected chi connectivity index (χ2v) is 5.38. The maximum Gasteiger partial charge on any atom is 0.323 e. The number of aromatic nitrogens is 2. The van der Waals surface area contributed by atoms with E-state index in [9.17, 15) is 9.59 Å². The van der Waals surface area contributed by atoms with Crippen LogP contribution in [0.5, 0.6) is 0 Å². The van der Waals surface area contributed by atoms with Gasteiger partial charge >= 0.3 is 5.97 Å². The number of carbonyl (C=O) groups excluding carboxylic acids is 1. The first-order valence-corrected chi connectivity index (χ1v) is 7.62. The quantitative estimate of drug-likeness (QED) is 0.806. The fourth-order valence-electron chi connectivity index (χ4n) is 2.41. The normalized spacial score (nSPS) is 10.5. The molecule has 0 unspecified atom stereocenters. The SMILES string of the molecule is CCCN(CC(=O)O)C(=O)Cc1cncn1Cc1ccccc1. The molecule has 0 aliphatic heterocycles. The lowest BCUT2D eigenvalue weighted by atomic mass is 10.2. The molecule has 6 heteroatoms. The van der Waals surface area contributed by atoms with Gasteiger partial charge in [0.25, 0.3) is 0 Å². The molecular weight excluding hydrogens is 294 g/mol. The number of aliphatic carboxylic acids is 1. The number of benzene rings is 1. The second kappa shape index (κ2) is 8.12. The van der Waals surface area contributed by atoms with Crippen molar-refractivity contribution in [3.8, 4) is 0 Å². The predicted octanol–water partition coefficient (Wildman–Crippen LogP) is 1.80. The fraction of sp³-hybridized carbons (Fsp3) is 0.353. The number of carboxylic acid groups (broad SMARTS) is 1. The standard InChI is InChI=1S/C17H21N3O3/c1-2-8-19(12-17(22)23)16(21)9-15-10-18-13-20(15)11-14-6-4-3-5-7-14/h3-7,10,13H,2,8-9,11-12H2,1H3,(H,22,23). The van der Waals surface area contributed by atoms with Crippen LogP contribution in [0.3, 0.4) is 0 Å². The Balaban J connectivity index is 2.06. The van der Waals surface area contributed by atoms with E-state index < -0.39 is 5.97 Å². The Kier molecular flexibility index (Phi) is 5.91. The Hall–Kier alpha value is -2.63. The number of imidazole rings is 1. The van der Waals surface area contributed by atoms with E-state index in [4.69, 9.17) is 5.11 Å². The molecule has 1 heterocycles. The van der Waals surface area contributed by atoms with Crippen molar-refractivity contribution in [3.63, 3.8) is 0 Å². The molecule has 1 amide bonds. The summed E-state index contributed by atoms with van der Waals surface area (Å²) >= 11 is 0. The average molecular weight is 315 g/mol. The van der Waals surface area contributed by atoms with Gasteiger partial charge in [-0.3, -0.25) is 9.59 Å². The van der Waals surface area contributed by atoms with Crippen molar-refractivity contribution >= 4 is 11.9 Å². The third-order valence-corrected chi connectivity index (χ3v) is 3.50. The number of hydrogen-bond donors (Lipinski definition) is 1. The summed E-state index contributed by atoms with van der Waals surface area (Å²) in [6, 6.07) is 9.91. The van der Waals surface area contributed by atoms with Crippen LogP contribution in [0.2, 0.25) is 0 Å². The Labute approximate surface area is 135 Å². The first kappa shape index (κ1) is 16.7. The van der Waals surface area contributed by atoms with Crippen molar-refractivity contribution in [2.75, 3.05) is 13.1 Å². The highest BCUT2D eigenvalue weighted by Crippen LogP contribution is 2.08. The molecule has 0 aliphatic carbocycles. The number of hydrogen-bond acceptors (Lipinski definition) is 3. The monoisotopic (exact) mass is 315 g/mol. The van der Waals surface area contributed by atoms with E-state index in [1.54, 1.807) is 12.5 Å². The van der Waals surface area contributed by atoms with E-state index in [1.807, 2.05) is 41.8 Å². The molecule has 0 radical (unpaired) electrons. The summed E-state index contributed by atoms with van der Waals surface area (Å²) in [6.45, 7) is 2.73. The summed E-state index contributed by atoms with van der Waals surface area (Å²) in [5, 5.41) is 8.92. The van der Waals surface area contributed by atoms with Crippen molar-refractivity contribution < 1.29 is 14.7 Å². The average Bonchev–Trinajstić information content (AvgIpc) is 2.94. The number of carbonyl (C=O) groups is 2. The maximum atomic E-state index is 12.4. The summed E-state index contributed by atoms with van der Waals surface area (Å²) in [4.78, 5) is 28.7. The van der Waals surface area contributed by atoms with Gasteiger partial charge in [-0.25, -0.2) is 4.98 Å². The van der Waals surface area contributed by atoms with Crippen LogP contribution in [0.1, 0.15) is 24.6 Å². The zero-order valence-electron chi connectivity index (χ0n) is 13.2. The van der Waals surface area contributed by atoms with Crippen molar-refractivity contribution in [2.45, 2.75) is 26.3 Å². The molecule has 122 valence electrons. The number of rotatable bonds is 8. The van der Waals surface area contributed by atoms with Crippen LogP contribution in [0, 0.1) is 0 Å². The molecule has 2 aromatic rings. The number of amides is 1. The van der Waals surface area contributed by atoms with Gasteiger partial charge in [0, 0.05) is 25.0 Å². The zero-order valence-corrected chi connectivity index (χ0v) is 13.2. The van der Waals surface area contributed by atoms with E-state index in [2.05, 4.69) is 4.98 Å². The molecule has 23 heavy (non-hydrogen) atoms. The maximum absolute atomic E-state index is 12.4. The molecule has 2 rings (SSSR count). The van der Waals surface area contributed by atoms with Crippen LogP contribution in [-0.2, 0) is 22.6 Å². The molecule has 0 atom stereocenters. The second-order valence-electron chi connectivity index (χ2n) is 5.38. The lowest BCUT2D eigenvalue weighted by Gasteiger charge is -2.20. The smallest absolute Gasteiger partial charge is 0.323 e. The minimum absolute atomic E-state index is 0.153. The first-order valence-electron chi connectivity index (χ1n) is 7.62. The predicted molar refractivity (Wildman–Crippen MR) is 86.0 cm³/mol. The van der Waals surface area contributed by atoms with Crippen molar-refractivity contribution in [1.82, 2.24) is 14.5 Å². The highest BCUT2D eigenvalue weighted by Gasteiger charge is 2.18. The molecular formula is C17H21N3O3. The van der Waals surface area contributed by atoms with Gasteiger partial charge in [0.1, 0.15) is 6.54 Å². The fourth-order valence-corrected chi connectivity index (χ4v) is 2.41. The molecule has 1 aromatic carbocycles. The first-order chi connectivity index (χ1) is 11.1. The third kappa shape index (κ3) is 4.95. The van der Waals surface area contributed by atoms with Gasteiger partial charge in [-0.15, -0.1) is 0 Å². The Bertz CT molecular complexity index is 652. The van der Waals surface area contributed by atoms with Gasteiger partial charge in [-0.1, -0.05) is 37.3 Å². The summed E-state index contributed by atoms with van der Waals surface area (Å²) in [5.41, 5.74) is 1.90. The van der Waals surface area contributed by atoms with Crippen LogP contribution in [0.4, 0.5) is 0 Å². The number of carboxylic acids is 1. The van der Waals surface area contributed by atoms with Gasteiger partial charge in [0.15, 0.2) is 0 Å². The summed E-state index contributed by atoms with van der Waals surface area (Å²) < 4.78 is 1.91. The molecule has 0 bridgehead atoms. The Morgan fingerprint density at radius 1 is 1.26 bits per heavy atom. The van der Waals surface area contributed by atoms with Crippen LogP contribution in [-0.4, -0.2) is 44.5 Å². The molecule has 0 fully saturated rings. The molecule has 1 N–H and O–H groups in total.